The maximum absolute atomic E-state index is 12.9. The maximum Gasteiger partial charge on any atom is 0.287 e. The van der Waals surface area contributed by atoms with Gasteiger partial charge in [0.25, 0.3) is 5.91 Å². The van der Waals surface area contributed by atoms with Crippen molar-refractivity contribution in [3.05, 3.63) is 59.8 Å². The summed E-state index contributed by atoms with van der Waals surface area (Å²) in [7, 11) is 0. The molecule has 0 spiro atoms. The van der Waals surface area contributed by atoms with Gasteiger partial charge in [-0.1, -0.05) is 12.1 Å². The number of carbonyl (C=O) groups excluding carboxylic acids is 1. The van der Waals surface area contributed by atoms with Crippen molar-refractivity contribution >= 4 is 11.9 Å². The van der Waals surface area contributed by atoms with Crippen LogP contribution in [0.25, 0.3) is 0 Å². The molecule has 0 unspecified atom stereocenters. The van der Waals surface area contributed by atoms with Gasteiger partial charge in [-0.3, -0.25) is 4.79 Å². The highest BCUT2D eigenvalue weighted by molar-refractivity contribution is 5.91. The second kappa shape index (κ2) is 9.34. The largest absolute Gasteiger partial charge is 0.459 e. The summed E-state index contributed by atoms with van der Waals surface area (Å²) in [5, 5.41) is 8.98. The minimum Gasteiger partial charge on any atom is -0.459 e. The van der Waals surface area contributed by atoms with Gasteiger partial charge in [0.05, 0.1) is 12.8 Å². The van der Waals surface area contributed by atoms with E-state index in [9.17, 15) is 9.18 Å². The van der Waals surface area contributed by atoms with E-state index in [-0.39, 0.29) is 17.5 Å². The number of hydrogen-bond acceptors (Lipinski definition) is 3. The Morgan fingerprint density at radius 3 is 2.54 bits per heavy atom. The molecule has 0 aliphatic carbocycles. The molecular weight excluding hydrogens is 311 g/mol. The highest BCUT2D eigenvalue weighted by Gasteiger charge is 2.06. The highest BCUT2D eigenvalue weighted by Crippen LogP contribution is 2.03. The van der Waals surface area contributed by atoms with Crippen LogP contribution in [0.2, 0.25) is 0 Å². The van der Waals surface area contributed by atoms with Crippen LogP contribution < -0.4 is 16.0 Å². The van der Waals surface area contributed by atoms with Crippen LogP contribution in [0.1, 0.15) is 23.0 Å². The normalized spacial score (nSPS) is 11.2. The van der Waals surface area contributed by atoms with Gasteiger partial charge < -0.3 is 20.4 Å². The van der Waals surface area contributed by atoms with Crippen molar-refractivity contribution in [2.75, 3.05) is 19.6 Å². The van der Waals surface area contributed by atoms with Crippen LogP contribution in [0, 0.1) is 5.82 Å². The van der Waals surface area contributed by atoms with Gasteiger partial charge in [-0.25, -0.2) is 9.38 Å². The Kier molecular flexibility index (Phi) is 6.82. The van der Waals surface area contributed by atoms with Gasteiger partial charge >= 0.3 is 0 Å². The number of furan rings is 1. The second-order valence-electron chi connectivity index (χ2n) is 4.98. The van der Waals surface area contributed by atoms with Gasteiger partial charge in [0.1, 0.15) is 5.82 Å². The minimum atomic E-state index is -0.264. The molecule has 0 aliphatic rings. The summed E-state index contributed by atoms with van der Waals surface area (Å²) in [6.07, 6.45) is 1.46. The molecule has 7 heteroatoms. The second-order valence-corrected chi connectivity index (χ2v) is 4.98. The fraction of sp³-hybridized carbons (Fsp3) is 0.294. The van der Waals surface area contributed by atoms with Crippen molar-refractivity contribution < 1.29 is 13.6 Å². The number of benzene rings is 1. The fourth-order valence-electron chi connectivity index (χ4n) is 1.95. The summed E-state index contributed by atoms with van der Waals surface area (Å²) in [5.74, 6) is 0.399. The molecule has 128 valence electrons. The Balaban J connectivity index is 1.76. The number of guanidine groups is 1. The third kappa shape index (κ3) is 5.75. The maximum atomic E-state index is 12.9. The van der Waals surface area contributed by atoms with Gasteiger partial charge in [-0.05, 0) is 36.8 Å². The molecule has 2 aromatic rings. The smallest absolute Gasteiger partial charge is 0.287 e. The monoisotopic (exact) mass is 332 g/mol. The zero-order valence-corrected chi connectivity index (χ0v) is 13.5. The lowest BCUT2D eigenvalue weighted by Crippen LogP contribution is -2.41. The summed E-state index contributed by atoms with van der Waals surface area (Å²) < 4.78 is 17.9. The summed E-state index contributed by atoms with van der Waals surface area (Å²) >= 11 is 0. The lowest BCUT2D eigenvalue weighted by Gasteiger charge is -2.11. The molecule has 1 aromatic heterocycles. The molecular formula is C17H21FN4O2. The number of amides is 1. The lowest BCUT2D eigenvalue weighted by molar-refractivity contribution is 0.0926. The number of hydrogen-bond donors (Lipinski definition) is 3. The van der Waals surface area contributed by atoms with Gasteiger partial charge in [-0.2, -0.15) is 0 Å². The van der Waals surface area contributed by atoms with E-state index in [2.05, 4.69) is 20.9 Å². The molecule has 0 saturated heterocycles. The third-order valence-electron chi connectivity index (χ3n) is 3.13. The molecule has 1 amide bonds. The van der Waals surface area contributed by atoms with Crippen LogP contribution >= 0.6 is 0 Å². The average Bonchev–Trinajstić information content (AvgIpc) is 3.12. The standard InChI is InChI=1S/C17H21FN4O2/c1-2-19-17(22-12-13-5-7-14(18)8-6-13)21-10-9-20-16(23)15-4-3-11-24-15/h3-8,11H,2,9-10,12H2,1H3,(H,20,23)(H2,19,21,22). The number of rotatable bonds is 7. The first-order valence-corrected chi connectivity index (χ1v) is 7.77. The number of nitrogens with one attached hydrogen (secondary N) is 3. The molecule has 24 heavy (non-hydrogen) atoms. The van der Waals surface area contributed by atoms with Crippen LogP contribution in [0.4, 0.5) is 4.39 Å². The molecule has 1 aromatic carbocycles. The Bertz CT molecular complexity index is 654. The van der Waals surface area contributed by atoms with E-state index in [1.807, 2.05) is 6.92 Å². The Labute approximate surface area is 140 Å². The topological polar surface area (TPSA) is 78.7 Å². The predicted octanol–water partition coefficient (Wildman–Crippen LogP) is 1.90. The average molecular weight is 332 g/mol. The Morgan fingerprint density at radius 1 is 1.12 bits per heavy atom. The molecule has 0 fully saturated rings. The first kappa shape index (κ1) is 17.5. The van der Waals surface area contributed by atoms with E-state index in [0.717, 1.165) is 5.56 Å². The molecule has 0 saturated carbocycles. The van der Waals surface area contributed by atoms with Crippen LogP contribution in [-0.2, 0) is 6.54 Å². The Hall–Kier alpha value is -2.83. The molecule has 6 nitrogen and oxygen atoms in total. The van der Waals surface area contributed by atoms with Crippen LogP contribution in [-0.4, -0.2) is 31.5 Å². The van der Waals surface area contributed by atoms with E-state index in [1.54, 1.807) is 24.3 Å². The molecule has 0 radical (unpaired) electrons. The molecule has 2 rings (SSSR count). The third-order valence-corrected chi connectivity index (χ3v) is 3.13. The summed E-state index contributed by atoms with van der Waals surface area (Å²) in [5.41, 5.74) is 0.916. The van der Waals surface area contributed by atoms with Gasteiger partial charge in [0, 0.05) is 19.6 Å². The summed E-state index contributed by atoms with van der Waals surface area (Å²) in [6, 6.07) is 9.50. The number of carbonyl (C=O) groups is 1. The van der Waals surface area contributed by atoms with E-state index in [1.165, 1.54) is 18.4 Å². The quantitative estimate of drug-likeness (QED) is 0.411. The Morgan fingerprint density at radius 2 is 1.88 bits per heavy atom. The van der Waals surface area contributed by atoms with Gasteiger partial charge in [0.2, 0.25) is 0 Å². The zero-order valence-electron chi connectivity index (χ0n) is 13.5. The van der Waals surface area contributed by atoms with Crippen molar-refractivity contribution in [2.24, 2.45) is 4.99 Å². The molecule has 0 aliphatic heterocycles. The fourth-order valence-corrected chi connectivity index (χ4v) is 1.95. The van der Waals surface area contributed by atoms with E-state index >= 15 is 0 Å². The van der Waals surface area contributed by atoms with Gasteiger partial charge in [-0.15, -0.1) is 0 Å². The van der Waals surface area contributed by atoms with Crippen molar-refractivity contribution in [1.82, 2.24) is 16.0 Å². The van der Waals surface area contributed by atoms with Crippen LogP contribution in [0.15, 0.2) is 52.1 Å². The first-order chi connectivity index (χ1) is 11.7. The molecule has 0 bridgehead atoms. The van der Waals surface area contributed by atoms with E-state index in [0.29, 0.717) is 32.1 Å². The number of halogens is 1. The molecule has 3 N–H and O–H groups in total. The lowest BCUT2D eigenvalue weighted by atomic mass is 10.2. The van der Waals surface area contributed by atoms with Crippen molar-refractivity contribution in [1.29, 1.82) is 0 Å². The van der Waals surface area contributed by atoms with Crippen molar-refractivity contribution in [2.45, 2.75) is 13.5 Å². The highest BCUT2D eigenvalue weighted by atomic mass is 19.1. The van der Waals surface area contributed by atoms with E-state index < -0.39 is 0 Å². The van der Waals surface area contributed by atoms with Crippen LogP contribution in [0.3, 0.4) is 0 Å². The van der Waals surface area contributed by atoms with E-state index in [4.69, 9.17) is 4.42 Å². The summed E-state index contributed by atoms with van der Waals surface area (Å²) in [6.45, 7) is 4.07. The predicted molar refractivity (Wildman–Crippen MR) is 90.3 cm³/mol. The first-order valence-electron chi connectivity index (χ1n) is 7.77. The summed E-state index contributed by atoms with van der Waals surface area (Å²) in [4.78, 5) is 16.1. The van der Waals surface area contributed by atoms with Crippen molar-refractivity contribution in [3.8, 4) is 0 Å². The zero-order chi connectivity index (χ0) is 17.2. The molecule has 1 heterocycles. The van der Waals surface area contributed by atoms with Crippen LogP contribution in [0.5, 0.6) is 0 Å². The molecule has 0 atom stereocenters. The number of aliphatic imine (C=N–C) groups is 1. The van der Waals surface area contributed by atoms with Gasteiger partial charge in [0.15, 0.2) is 11.7 Å². The number of nitrogens with zero attached hydrogens (tertiary/aromatic N) is 1. The minimum absolute atomic E-state index is 0.255. The van der Waals surface area contributed by atoms with Crippen molar-refractivity contribution in [3.63, 3.8) is 0 Å². The SMILES string of the molecule is CCNC(=NCc1ccc(F)cc1)NCCNC(=O)c1ccco1.